The summed E-state index contributed by atoms with van der Waals surface area (Å²) in [5, 5.41) is 7.36. The van der Waals surface area contributed by atoms with Crippen molar-refractivity contribution in [1.82, 2.24) is 25.0 Å². The molecule has 7 nitrogen and oxygen atoms in total. The molecule has 1 N–H and O–H groups in total. The van der Waals surface area contributed by atoms with Crippen molar-refractivity contribution in [2.75, 3.05) is 6.54 Å². The number of likely N-dealkylation sites (tertiary alicyclic amines) is 1. The van der Waals surface area contributed by atoms with Crippen LogP contribution in [-0.2, 0) is 23.1 Å². The Morgan fingerprint density at radius 3 is 2.76 bits per heavy atom. The van der Waals surface area contributed by atoms with Crippen LogP contribution in [0.4, 0.5) is 0 Å². The first kappa shape index (κ1) is 14.2. The minimum absolute atomic E-state index is 0.0274. The fraction of sp³-hybridized carbons (Fsp3) is 0.714. The van der Waals surface area contributed by atoms with Crippen LogP contribution >= 0.6 is 0 Å². The average molecular weight is 291 g/mol. The van der Waals surface area contributed by atoms with Gasteiger partial charge in [-0.2, -0.15) is 5.10 Å². The second-order valence-electron chi connectivity index (χ2n) is 5.84. The molecule has 1 aliphatic heterocycles. The maximum absolute atomic E-state index is 12.4. The zero-order valence-electron chi connectivity index (χ0n) is 12.3. The molecule has 114 valence electrons. The van der Waals surface area contributed by atoms with E-state index in [4.69, 9.17) is 0 Å². The number of hydrogen-bond donors (Lipinski definition) is 1. The quantitative estimate of drug-likeness (QED) is 0.773. The first-order valence-corrected chi connectivity index (χ1v) is 7.59. The van der Waals surface area contributed by atoms with E-state index in [-0.39, 0.29) is 30.3 Å². The molecular formula is C14H21N5O2. The molecular weight excluding hydrogens is 270 g/mol. The van der Waals surface area contributed by atoms with Crippen molar-refractivity contribution in [3.63, 3.8) is 0 Å². The number of rotatable bonds is 5. The van der Waals surface area contributed by atoms with Gasteiger partial charge in [-0.3, -0.25) is 19.2 Å². The molecule has 0 radical (unpaired) electrons. The second kappa shape index (κ2) is 5.93. The van der Waals surface area contributed by atoms with Gasteiger partial charge in [-0.25, -0.2) is 4.98 Å². The Morgan fingerprint density at radius 1 is 1.33 bits per heavy atom. The Kier molecular flexibility index (Phi) is 4.01. The van der Waals surface area contributed by atoms with Gasteiger partial charge in [-0.1, -0.05) is 12.8 Å². The number of amides is 2. The van der Waals surface area contributed by atoms with E-state index in [2.05, 4.69) is 15.4 Å². The number of imide groups is 1. The number of nitrogens with zero attached hydrogens (tertiary/aromatic N) is 4. The van der Waals surface area contributed by atoms with Crippen molar-refractivity contribution in [2.24, 2.45) is 7.05 Å². The van der Waals surface area contributed by atoms with Crippen LogP contribution in [0.1, 0.15) is 37.9 Å². The van der Waals surface area contributed by atoms with E-state index in [1.54, 1.807) is 11.0 Å². The van der Waals surface area contributed by atoms with E-state index in [1.807, 2.05) is 7.05 Å². The molecule has 21 heavy (non-hydrogen) atoms. The van der Waals surface area contributed by atoms with Crippen LogP contribution in [0, 0.1) is 0 Å². The molecule has 2 amide bonds. The average Bonchev–Trinajstić information content (AvgIpc) is 3.14. The smallest absolute Gasteiger partial charge is 0.247 e. The standard InChI is InChI=1S/C14H21N5O2/c1-18-9-16-12(17-18)6-7-15-11-8-13(20)19(14(11)21)10-4-2-3-5-10/h9-11,15H,2-8H2,1H3. The van der Waals surface area contributed by atoms with Crippen LogP contribution in [-0.4, -0.2) is 50.1 Å². The lowest BCUT2D eigenvalue weighted by atomic mass is 10.2. The van der Waals surface area contributed by atoms with Crippen molar-refractivity contribution in [3.8, 4) is 0 Å². The number of hydrogen-bond acceptors (Lipinski definition) is 5. The Morgan fingerprint density at radius 2 is 2.10 bits per heavy atom. The molecule has 1 saturated carbocycles. The molecule has 2 heterocycles. The number of carbonyl (C=O) groups excluding carboxylic acids is 2. The number of aromatic nitrogens is 3. The van der Waals surface area contributed by atoms with Crippen molar-refractivity contribution in [1.29, 1.82) is 0 Å². The molecule has 0 spiro atoms. The molecule has 7 heteroatoms. The van der Waals surface area contributed by atoms with Crippen LogP contribution in [0.3, 0.4) is 0 Å². The molecule has 1 aromatic rings. The predicted molar refractivity (Wildman–Crippen MR) is 75.2 cm³/mol. The topological polar surface area (TPSA) is 80.1 Å². The van der Waals surface area contributed by atoms with Crippen LogP contribution in [0.15, 0.2) is 6.33 Å². The summed E-state index contributed by atoms with van der Waals surface area (Å²) in [6.45, 7) is 0.603. The second-order valence-corrected chi connectivity index (χ2v) is 5.84. The Hall–Kier alpha value is -1.76. The van der Waals surface area contributed by atoms with Gasteiger partial charge >= 0.3 is 0 Å². The molecule has 1 atom stereocenters. The summed E-state index contributed by atoms with van der Waals surface area (Å²) < 4.78 is 1.65. The summed E-state index contributed by atoms with van der Waals surface area (Å²) >= 11 is 0. The molecule has 3 rings (SSSR count). The lowest BCUT2D eigenvalue weighted by Gasteiger charge is -2.22. The highest BCUT2D eigenvalue weighted by molar-refractivity contribution is 6.05. The first-order chi connectivity index (χ1) is 10.1. The zero-order valence-corrected chi connectivity index (χ0v) is 12.3. The van der Waals surface area contributed by atoms with E-state index in [0.717, 1.165) is 31.5 Å². The lowest BCUT2D eigenvalue weighted by molar-refractivity contribution is -0.141. The van der Waals surface area contributed by atoms with Gasteiger partial charge in [0, 0.05) is 26.1 Å². The monoisotopic (exact) mass is 291 g/mol. The van der Waals surface area contributed by atoms with Crippen molar-refractivity contribution < 1.29 is 9.59 Å². The molecule has 2 fully saturated rings. The highest BCUT2D eigenvalue weighted by atomic mass is 16.2. The number of nitrogens with one attached hydrogen (secondary N) is 1. The maximum Gasteiger partial charge on any atom is 0.247 e. The minimum Gasteiger partial charge on any atom is -0.305 e. The van der Waals surface area contributed by atoms with Gasteiger partial charge in [0.1, 0.15) is 6.33 Å². The third-order valence-corrected chi connectivity index (χ3v) is 4.26. The fourth-order valence-corrected chi connectivity index (χ4v) is 3.21. The summed E-state index contributed by atoms with van der Waals surface area (Å²) in [5.74, 6) is 0.663. The first-order valence-electron chi connectivity index (χ1n) is 7.59. The van der Waals surface area contributed by atoms with Crippen molar-refractivity contribution >= 4 is 11.8 Å². The molecule has 1 aromatic heterocycles. The van der Waals surface area contributed by atoms with E-state index < -0.39 is 0 Å². The van der Waals surface area contributed by atoms with E-state index in [0.29, 0.717) is 13.0 Å². The summed E-state index contributed by atoms with van der Waals surface area (Å²) in [5.41, 5.74) is 0. The van der Waals surface area contributed by atoms with E-state index in [1.165, 1.54) is 4.90 Å². The van der Waals surface area contributed by atoms with Crippen LogP contribution in [0.2, 0.25) is 0 Å². The van der Waals surface area contributed by atoms with E-state index >= 15 is 0 Å². The molecule has 1 saturated heterocycles. The van der Waals surface area contributed by atoms with Gasteiger partial charge in [0.25, 0.3) is 0 Å². The predicted octanol–water partition coefficient (Wildman–Crippen LogP) is 0.0173. The van der Waals surface area contributed by atoms with Gasteiger partial charge in [-0.05, 0) is 12.8 Å². The van der Waals surface area contributed by atoms with E-state index in [9.17, 15) is 9.59 Å². The fourth-order valence-electron chi connectivity index (χ4n) is 3.21. The van der Waals surface area contributed by atoms with Crippen molar-refractivity contribution in [3.05, 3.63) is 12.2 Å². The molecule has 0 aromatic carbocycles. The number of carbonyl (C=O) groups is 2. The summed E-state index contributed by atoms with van der Waals surface area (Å²) in [6, 6.07) is -0.240. The Bertz CT molecular complexity index is 535. The van der Waals surface area contributed by atoms with Crippen LogP contribution in [0.5, 0.6) is 0 Å². The molecule has 1 unspecified atom stereocenters. The molecule has 2 aliphatic rings. The summed E-state index contributed by atoms with van der Waals surface area (Å²) in [7, 11) is 1.82. The van der Waals surface area contributed by atoms with Gasteiger partial charge in [0.05, 0.1) is 12.5 Å². The largest absolute Gasteiger partial charge is 0.305 e. The van der Waals surface area contributed by atoms with Gasteiger partial charge in [0.15, 0.2) is 5.82 Å². The third-order valence-electron chi connectivity index (χ3n) is 4.26. The lowest BCUT2D eigenvalue weighted by Crippen LogP contribution is -2.43. The van der Waals surface area contributed by atoms with Gasteiger partial charge in [-0.15, -0.1) is 0 Å². The summed E-state index contributed by atoms with van der Waals surface area (Å²) in [4.78, 5) is 30.1. The van der Waals surface area contributed by atoms with Crippen LogP contribution in [0.25, 0.3) is 0 Å². The third kappa shape index (κ3) is 2.97. The highest BCUT2D eigenvalue weighted by Crippen LogP contribution is 2.28. The minimum atomic E-state index is -0.373. The molecule has 0 bridgehead atoms. The Labute approximate surface area is 123 Å². The van der Waals surface area contributed by atoms with Gasteiger partial charge < -0.3 is 5.32 Å². The maximum atomic E-state index is 12.4. The van der Waals surface area contributed by atoms with Crippen molar-refractivity contribution in [2.45, 2.75) is 50.6 Å². The zero-order chi connectivity index (χ0) is 14.8. The summed E-state index contributed by atoms with van der Waals surface area (Å²) in [6.07, 6.45) is 6.75. The highest BCUT2D eigenvalue weighted by Gasteiger charge is 2.42. The Balaban J connectivity index is 1.52. The normalized spacial score (nSPS) is 23.5. The SMILES string of the molecule is Cn1cnc(CCNC2CC(=O)N(C3CCCC3)C2=O)n1. The number of aryl methyl sites for hydroxylation is 1. The molecule has 1 aliphatic carbocycles. The van der Waals surface area contributed by atoms with Gasteiger partial charge in [0.2, 0.25) is 11.8 Å². The van der Waals surface area contributed by atoms with Crippen LogP contribution < -0.4 is 5.32 Å².